The summed E-state index contributed by atoms with van der Waals surface area (Å²) in [7, 11) is 1.57. The number of aromatic nitrogens is 3. The van der Waals surface area contributed by atoms with E-state index in [1.165, 1.54) is 4.57 Å². The van der Waals surface area contributed by atoms with E-state index in [1.54, 1.807) is 49.8 Å². The highest BCUT2D eigenvalue weighted by atomic mass is 16.5. The SMILES string of the molecule is COc1ccc(-n2c(=O)[nH]c3c(=O)oc4ccc(-c5cccnc5)cc4c32)cc1. The molecule has 3 aromatic heterocycles. The molecule has 0 radical (unpaired) electrons. The third-order valence-corrected chi connectivity index (χ3v) is 4.86. The van der Waals surface area contributed by atoms with Gasteiger partial charge in [0.05, 0.1) is 18.3 Å². The Balaban J connectivity index is 1.86. The van der Waals surface area contributed by atoms with E-state index in [1.807, 2.05) is 24.3 Å². The topological polar surface area (TPSA) is 90.1 Å². The van der Waals surface area contributed by atoms with Gasteiger partial charge in [0.15, 0.2) is 5.52 Å². The average Bonchev–Trinajstić information content (AvgIpc) is 3.12. The summed E-state index contributed by atoms with van der Waals surface area (Å²) >= 11 is 0. The van der Waals surface area contributed by atoms with Crippen LogP contribution in [0.3, 0.4) is 0 Å². The molecule has 0 unspecified atom stereocenters. The number of aromatic amines is 1. The number of benzene rings is 2. The van der Waals surface area contributed by atoms with Gasteiger partial charge in [-0.2, -0.15) is 0 Å². The lowest BCUT2D eigenvalue weighted by atomic mass is 10.0. The minimum absolute atomic E-state index is 0.127. The fourth-order valence-corrected chi connectivity index (χ4v) is 3.48. The maximum Gasteiger partial charge on any atom is 0.362 e. The molecule has 0 aliphatic heterocycles. The number of methoxy groups -OCH3 is 1. The van der Waals surface area contributed by atoms with Crippen molar-refractivity contribution >= 4 is 22.0 Å². The van der Waals surface area contributed by atoms with Gasteiger partial charge in [0.1, 0.15) is 11.3 Å². The molecular weight excluding hydrogens is 370 g/mol. The van der Waals surface area contributed by atoms with Crippen molar-refractivity contribution in [2.75, 3.05) is 7.11 Å². The molecule has 0 aliphatic rings. The van der Waals surface area contributed by atoms with E-state index in [9.17, 15) is 9.59 Å². The molecule has 5 aromatic rings. The van der Waals surface area contributed by atoms with Crippen LogP contribution in [0, 0.1) is 0 Å². The maximum absolute atomic E-state index is 12.7. The molecule has 0 fully saturated rings. The molecule has 0 saturated carbocycles. The normalized spacial score (nSPS) is 11.2. The lowest BCUT2D eigenvalue weighted by Gasteiger charge is -2.08. The van der Waals surface area contributed by atoms with Crippen molar-refractivity contribution in [3.8, 4) is 22.6 Å². The Labute approximate surface area is 163 Å². The van der Waals surface area contributed by atoms with Crippen LogP contribution in [0.4, 0.5) is 0 Å². The van der Waals surface area contributed by atoms with Gasteiger partial charge in [-0.15, -0.1) is 0 Å². The van der Waals surface area contributed by atoms with Crippen molar-refractivity contribution in [2.45, 2.75) is 0 Å². The highest BCUT2D eigenvalue weighted by molar-refractivity contribution is 6.03. The first-order valence-electron chi connectivity index (χ1n) is 8.92. The molecule has 0 aliphatic carbocycles. The molecule has 0 bridgehead atoms. The second-order valence-corrected chi connectivity index (χ2v) is 6.53. The van der Waals surface area contributed by atoms with Crippen LogP contribution >= 0.6 is 0 Å². The first-order chi connectivity index (χ1) is 14.2. The summed E-state index contributed by atoms with van der Waals surface area (Å²) in [6.07, 6.45) is 3.46. The Morgan fingerprint density at radius 2 is 1.86 bits per heavy atom. The summed E-state index contributed by atoms with van der Waals surface area (Å²) in [4.78, 5) is 32.0. The lowest BCUT2D eigenvalue weighted by molar-refractivity contribution is 0.414. The number of hydrogen-bond acceptors (Lipinski definition) is 5. The standard InChI is InChI=1S/C22H15N3O4/c1-28-16-7-5-15(6-8-16)25-20-17-11-13(14-3-2-10-23-12-14)4-9-18(17)29-21(26)19(20)24-22(25)27/h2-12H,1H3,(H,24,27). The van der Waals surface area contributed by atoms with E-state index >= 15 is 0 Å². The number of hydrogen-bond donors (Lipinski definition) is 1. The first-order valence-corrected chi connectivity index (χ1v) is 8.92. The number of nitrogens with one attached hydrogen (secondary N) is 1. The molecule has 1 N–H and O–H groups in total. The second-order valence-electron chi connectivity index (χ2n) is 6.53. The van der Waals surface area contributed by atoms with Crippen molar-refractivity contribution in [3.05, 3.63) is 87.9 Å². The molecule has 0 atom stereocenters. The summed E-state index contributed by atoms with van der Waals surface area (Å²) in [5.74, 6) is 0.671. The number of fused-ring (bicyclic) bond motifs is 3. The van der Waals surface area contributed by atoms with E-state index in [4.69, 9.17) is 9.15 Å². The number of pyridine rings is 1. The molecule has 2 aromatic carbocycles. The highest BCUT2D eigenvalue weighted by Gasteiger charge is 2.17. The van der Waals surface area contributed by atoms with Gasteiger partial charge in [0.2, 0.25) is 0 Å². The largest absolute Gasteiger partial charge is 0.497 e. The molecule has 0 spiro atoms. The molecule has 5 rings (SSSR count). The summed E-state index contributed by atoms with van der Waals surface area (Å²) < 4.78 is 12.1. The van der Waals surface area contributed by atoms with Gasteiger partial charge >= 0.3 is 11.3 Å². The Bertz CT molecular complexity index is 1460. The number of H-pyrrole nitrogens is 1. The third-order valence-electron chi connectivity index (χ3n) is 4.86. The molecule has 7 nitrogen and oxygen atoms in total. The van der Waals surface area contributed by atoms with Crippen LogP contribution in [0.1, 0.15) is 0 Å². The highest BCUT2D eigenvalue weighted by Crippen LogP contribution is 2.29. The predicted octanol–water partition coefficient (Wildman–Crippen LogP) is 3.50. The van der Waals surface area contributed by atoms with E-state index in [0.717, 1.165) is 11.1 Å². The number of ether oxygens (including phenoxy) is 1. The van der Waals surface area contributed by atoms with Crippen molar-refractivity contribution in [1.82, 2.24) is 14.5 Å². The van der Waals surface area contributed by atoms with Crippen LogP contribution in [0.5, 0.6) is 5.75 Å². The van der Waals surface area contributed by atoms with Crippen molar-refractivity contribution in [3.63, 3.8) is 0 Å². The molecule has 3 heterocycles. The Morgan fingerprint density at radius 1 is 1.03 bits per heavy atom. The molecule has 0 amide bonds. The lowest BCUT2D eigenvalue weighted by Crippen LogP contribution is -2.14. The zero-order chi connectivity index (χ0) is 20.0. The maximum atomic E-state index is 12.7. The zero-order valence-corrected chi connectivity index (χ0v) is 15.4. The van der Waals surface area contributed by atoms with Crippen molar-refractivity contribution in [2.24, 2.45) is 0 Å². The molecular formula is C22H15N3O4. The van der Waals surface area contributed by atoms with Gasteiger partial charge in [-0.05, 0) is 48.0 Å². The van der Waals surface area contributed by atoms with Crippen LogP contribution in [0.15, 0.2) is 81.0 Å². The van der Waals surface area contributed by atoms with E-state index in [-0.39, 0.29) is 5.52 Å². The number of imidazole rings is 1. The quantitative estimate of drug-likeness (QED) is 0.480. The van der Waals surface area contributed by atoms with Gasteiger partial charge < -0.3 is 9.15 Å². The fraction of sp³-hybridized carbons (Fsp3) is 0.0455. The van der Waals surface area contributed by atoms with Gasteiger partial charge in [0, 0.05) is 23.3 Å². The van der Waals surface area contributed by atoms with Crippen LogP contribution < -0.4 is 16.1 Å². The van der Waals surface area contributed by atoms with Gasteiger partial charge in [-0.25, -0.2) is 9.59 Å². The summed E-state index contributed by atoms with van der Waals surface area (Å²) in [6, 6.07) is 16.3. The smallest absolute Gasteiger partial charge is 0.362 e. The number of nitrogens with zero attached hydrogens (tertiary/aromatic N) is 2. The van der Waals surface area contributed by atoms with Crippen LogP contribution in [0.25, 0.3) is 38.8 Å². The van der Waals surface area contributed by atoms with Crippen molar-refractivity contribution in [1.29, 1.82) is 0 Å². The second kappa shape index (κ2) is 6.49. The molecule has 29 heavy (non-hydrogen) atoms. The van der Waals surface area contributed by atoms with E-state index in [2.05, 4.69) is 9.97 Å². The van der Waals surface area contributed by atoms with Crippen molar-refractivity contribution < 1.29 is 9.15 Å². The van der Waals surface area contributed by atoms with Crippen LogP contribution in [0.2, 0.25) is 0 Å². The summed E-state index contributed by atoms with van der Waals surface area (Å²) in [6.45, 7) is 0. The molecule has 142 valence electrons. The predicted molar refractivity (Wildman–Crippen MR) is 110 cm³/mol. The average molecular weight is 385 g/mol. The zero-order valence-electron chi connectivity index (χ0n) is 15.4. The molecule has 0 saturated heterocycles. The van der Waals surface area contributed by atoms with Crippen LogP contribution in [-0.4, -0.2) is 21.6 Å². The van der Waals surface area contributed by atoms with Gasteiger partial charge in [0.25, 0.3) is 0 Å². The first kappa shape index (κ1) is 17.0. The van der Waals surface area contributed by atoms with Crippen LogP contribution in [-0.2, 0) is 0 Å². The third kappa shape index (κ3) is 2.71. The monoisotopic (exact) mass is 385 g/mol. The van der Waals surface area contributed by atoms with E-state index in [0.29, 0.717) is 27.9 Å². The number of rotatable bonds is 3. The minimum atomic E-state index is -0.592. The summed E-state index contributed by atoms with van der Waals surface area (Å²) in [5.41, 5.74) is 2.41. The van der Waals surface area contributed by atoms with E-state index < -0.39 is 11.3 Å². The Hall–Kier alpha value is -4.13. The Kier molecular flexibility index (Phi) is 3.80. The van der Waals surface area contributed by atoms with Gasteiger partial charge in [-0.3, -0.25) is 14.5 Å². The molecule has 7 heteroatoms. The minimum Gasteiger partial charge on any atom is -0.497 e. The Morgan fingerprint density at radius 3 is 2.59 bits per heavy atom. The fourth-order valence-electron chi connectivity index (χ4n) is 3.48. The summed E-state index contributed by atoms with van der Waals surface area (Å²) in [5, 5.41) is 0.648. The van der Waals surface area contributed by atoms with Gasteiger partial charge in [-0.1, -0.05) is 12.1 Å².